The number of halogens is 1. The van der Waals surface area contributed by atoms with Gasteiger partial charge in [-0.15, -0.1) is 6.42 Å². The van der Waals surface area contributed by atoms with Crippen LogP contribution in [0.1, 0.15) is 62.1 Å². The molecule has 5 heterocycles. The summed E-state index contributed by atoms with van der Waals surface area (Å²) in [6, 6.07) is 10.3. The molecule has 4 saturated heterocycles. The molecule has 4 aromatic rings. The minimum absolute atomic E-state index is 0.0326. The van der Waals surface area contributed by atoms with Crippen LogP contribution in [-0.4, -0.2) is 84.6 Å². The van der Waals surface area contributed by atoms with Crippen LogP contribution in [0.5, 0.6) is 11.8 Å². The van der Waals surface area contributed by atoms with Gasteiger partial charge in [-0.3, -0.25) is 0 Å². The number of terminal acetylenes is 1. The maximum atomic E-state index is 17.6. The van der Waals surface area contributed by atoms with Crippen molar-refractivity contribution in [1.29, 1.82) is 0 Å². The van der Waals surface area contributed by atoms with Gasteiger partial charge in [-0.25, -0.2) is 4.39 Å². The molecule has 1 aliphatic carbocycles. The number of piperazine rings is 1. The summed E-state index contributed by atoms with van der Waals surface area (Å²) in [5, 5.41) is 16.8. The van der Waals surface area contributed by atoms with E-state index in [4.69, 9.17) is 25.9 Å². The monoisotopic (exact) mass is 675 g/mol. The Morgan fingerprint density at radius 1 is 1.08 bits per heavy atom. The van der Waals surface area contributed by atoms with E-state index in [-0.39, 0.29) is 28.6 Å². The van der Waals surface area contributed by atoms with Gasteiger partial charge < -0.3 is 29.7 Å². The van der Waals surface area contributed by atoms with Gasteiger partial charge in [0.25, 0.3) is 0 Å². The topological polar surface area (TPSA) is 83.0 Å². The summed E-state index contributed by atoms with van der Waals surface area (Å²) < 4.78 is 29.8. The summed E-state index contributed by atoms with van der Waals surface area (Å²) in [5.41, 5.74) is 3.72. The first-order chi connectivity index (χ1) is 24.2. The standard InChI is InChI=1S/C41H46FN5O3/c1-5-31-24(4)6-7-25-12-30(48)13-33(35(25)31)36-32(23(2)3)14-34-38(37(36)42)44-40(45-39(34)47-17-28-8-9-29(18-47)43-28)50-22-41(10-11-41)21-46-15-26-19-49-20-27(26)16-46/h1,6-7,12-14,23,26-29,43,48H,8-11,15-22H2,2-4H3/t26-,27+,28?,29?. The summed E-state index contributed by atoms with van der Waals surface area (Å²) in [5.74, 6) is 4.45. The van der Waals surface area contributed by atoms with Crippen LogP contribution < -0.4 is 15.0 Å². The normalized spacial score (nSPS) is 25.5. The first kappa shape index (κ1) is 32.0. The van der Waals surface area contributed by atoms with E-state index in [2.05, 4.69) is 41.0 Å². The molecule has 50 heavy (non-hydrogen) atoms. The lowest BCUT2D eigenvalue weighted by Gasteiger charge is -2.34. The number of phenols is 1. The van der Waals surface area contributed by atoms with Gasteiger partial charge >= 0.3 is 6.01 Å². The van der Waals surface area contributed by atoms with Crippen molar-refractivity contribution in [2.75, 3.05) is 57.4 Å². The van der Waals surface area contributed by atoms with Gasteiger partial charge in [-0.1, -0.05) is 31.9 Å². The number of nitrogens with zero attached hydrogens (tertiary/aromatic N) is 4. The minimum atomic E-state index is -0.443. The number of aromatic hydroxyl groups is 1. The van der Waals surface area contributed by atoms with Gasteiger partial charge in [-0.05, 0) is 78.8 Å². The summed E-state index contributed by atoms with van der Waals surface area (Å²) in [4.78, 5) is 14.8. The number of aryl methyl sites for hydroxylation is 1. The van der Waals surface area contributed by atoms with Crippen LogP contribution in [0.3, 0.4) is 0 Å². The zero-order chi connectivity index (χ0) is 34.3. The Morgan fingerprint density at radius 2 is 1.82 bits per heavy atom. The van der Waals surface area contributed by atoms with Gasteiger partial charge in [-0.2, -0.15) is 9.97 Å². The fraction of sp³-hybridized carbons (Fsp3) is 0.512. The van der Waals surface area contributed by atoms with E-state index in [0.29, 0.717) is 52.6 Å². The van der Waals surface area contributed by atoms with Crippen LogP contribution >= 0.6 is 0 Å². The molecule has 1 saturated carbocycles. The molecule has 0 radical (unpaired) electrons. The number of hydrogen-bond donors (Lipinski definition) is 2. The van der Waals surface area contributed by atoms with E-state index in [9.17, 15) is 5.11 Å². The van der Waals surface area contributed by atoms with Crippen LogP contribution in [-0.2, 0) is 4.74 Å². The predicted octanol–water partition coefficient (Wildman–Crippen LogP) is 6.39. The van der Waals surface area contributed by atoms with Gasteiger partial charge in [0.2, 0.25) is 0 Å². The van der Waals surface area contributed by atoms with Crippen molar-refractivity contribution >= 4 is 27.5 Å². The Labute approximate surface area is 293 Å². The van der Waals surface area contributed by atoms with Gasteiger partial charge in [0, 0.05) is 84.0 Å². The maximum absolute atomic E-state index is 17.6. The van der Waals surface area contributed by atoms with E-state index >= 15 is 4.39 Å². The summed E-state index contributed by atoms with van der Waals surface area (Å²) in [7, 11) is 0. The number of nitrogens with one attached hydrogen (secondary N) is 1. The van der Waals surface area contributed by atoms with E-state index < -0.39 is 5.82 Å². The smallest absolute Gasteiger partial charge is 0.319 e. The molecule has 3 aromatic carbocycles. The number of fused-ring (bicyclic) bond motifs is 5. The Bertz CT molecular complexity index is 2030. The van der Waals surface area contributed by atoms with Crippen molar-refractivity contribution in [1.82, 2.24) is 20.2 Å². The maximum Gasteiger partial charge on any atom is 0.319 e. The molecule has 9 rings (SSSR count). The van der Waals surface area contributed by atoms with Gasteiger partial charge in [0.05, 0.1) is 19.8 Å². The predicted molar refractivity (Wildman–Crippen MR) is 194 cm³/mol. The Balaban J connectivity index is 1.16. The zero-order valence-corrected chi connectivity index (χ0v) is 29.3. The van der Waals surface area contributed by atoms with E-state index in [0.717, 1.165) is 99.3 Å². The molecule has 0 amide bonds. The van der Waals surface area contributed by atoms with Crippen molar-refractivity contribution in [3.8, 4) is 35.2 Å². The van der Waals surface area contributed by atoms with Crippen LogP contribution in [0, 0.1) is 42.3 Å². The Kier molecular flexibility index (Phi) is 7.72. The lowest BCUT2D eigenvalue weighted by Crippen LogP contribution is -2.51. The molecule has 4 aliphatic heterocycles. The number of anilines is 1. The highest BCUT2D eigenvalue weighted by Gasteiger charge is 2.48. The van der Waals surface area contributed by atoms with Crippen molar-refractivity contribution in [3.05, 3.63) is 52.8 Å². The van der Waals surface area contributed by atoms with Crippen LogP contribution in [0.25, 0.3) is 32.8 Å². The molecule has 2 bridgehead atoms. The SMILES string of the molecule is C#Cc1c(C)ccc2cc(O)cc(-c3c(C(C)C)cc4c(N5CC6CCC(C5)N6)nc(OCC5(CN6C[C@H]7COC[C@H]7C6)CC5)nc4c3F)c12. The fourth-order valence-electron chi connectivity index (χ4n) is 9.28. The third-order valence-corrected chi connectivity index (χ3v) is 12.1. The third kappa shape index (κ3) is 5.47. The average molecular weight is 676 g/mol. The minimum Gasteiger partial charge on any atom is -0.508 e. The van der Waals surface area contributed by atoms with Crippen LogP contribution in [0.2, 0.25) is 0 Å². The number of ether oxygens (including phenoxy) is 2. The molecular weight excluding hydrogens is 629 g/mol. The third-order valence-electron chi connectivity index (χ3n) is 12.1. The second-order valence-corrected chi connectivity index (χ2v) is 16.1. The lowest BCUT2D eigenvalue weighted by atomic mass is 9.86. The zero-order valence-electron chi connectivity index (χ0n) is 29.3. The highest BCUT2D eigenvalue weighted by atomic mass is 19.1. The number of benzene rings is 3. The highest BCUT2D eigenvalue weighted by Crippen LogP contribution is 2.48. The van der Waals surface area contributed by atoms with Gasteiger partial charge in [0.15, 0.2) is 5.82 Å². The molecule has 0 spiro atoms. The molecular formula is C41H46FN5O3. The highest BCUT2D eigenvalue weighted by molar-refractivity contribution is 6.05. The Morgan fingerprint density at radius 3 is 2.50 bits per heavy atom. The van der Waals surface area contributed by atoms with E-state index in [1.54, 1.807) is 12.1 Å². The molecule has 8 nitrogen and oxygen atoms in total. The number of phenolic OH excluding ortho intramolecular Hbond substituents is 1. The molecule has 5 fully saturated rings. The second kappa shape index (κ2) is 12.1. The summed E-state index contributed by atoms with van der Waals surface area (Å²) in [6.45, 7) is 13.1. The largest absolute Gasteiger partial charge is 0.508 e. The van der Waals surface area contributed by atoms with Crippen molar-refractivity contribution < 1.29 is 19.0 Å². The first-order valence-electron chi connectivity index (χ1n) is 18.4. The number of hydrogen-bond acceptors (Lipinski definition) is 8. The lowest BCUT2D eigenvalue weighted by molar-refractivity contribution is 0.131. The molecule has 2 unspecified atom stereocenters. The molecule has 260 valence electrons. The van der Waals surface area contributed by atoms with E-state index in [1.807, 2.05) is 19.1 Å². The van der Waals surface area contributed by atoms with Crippen LogP contribution in [0.4, 0.5) is 10.2 Å². The quantitative estimate of drug-likeness (QED) is 0.208. The average Bonchev–Trinajstić information content (AvgIpc) is 3.34. The molecule has 5 aliphatic rings. The number of rotatable bonds is 8. The first-order valence-corrected chi connectivity index (χ1v) is 18.4. The fourth-order valence-corrected chi connectivity index (χ4v) is 9.28. The summed E-state index contributed by atoms with van der Waals surface area (Å²) >= 11 is 0. The molecule has 1 aromatic heterocycles. The molecule has 2 N–H and O–H groups in total. The molecule has 4 atom stereocenters. The molecule has 9 heteroatoms. The van der Waals surface area contributed by atoms with Crippen molar-refractivity contribution in [2.24, 2.45) is 17.3 Å². The summed E-state index contributed by atoms with van der Waals surface area (Å²) in [6.07, 6.45) is 10.5. The van der Waals surface area contributed by atoms with Crippen molar-refractivity contribution in [2.45, 2.75) is 64.5 Å². The van der Waals surface area contributed by atoms with Gasteiger partial charge in [0.1, 0.15) is 17.1 Å². The van der Waals surface area contributed by atoms with Crippen LogP contribution in [0.15, 0.2) is 30.3 Å². The second-order valence-electron chi connectivity index (χ2n) is 16.1. The number of aromatic nitrogens is 2. The van der Waals surface area contributed by atoms with E-state index in [1.165, 1.54) is 0 Å². The van der Waals surface area contributed by atoms with Crippen molar-refractivity contribution in [3.63, 3.8) is 0 Å². The number of likely N-dealkylation sites (tertiary alicyclic amines) is 1. The Hall–Kier alpha value is -3.97.